The maximum atomic E-state index is 12.8. The van der Waals surface area contributed by atoms with Crippen LogP contribution in [0, 0.1) is 0 Å². The SMILES string of the molecule is COC1CC(C(=O)O)N(C(=O)C2CCc3ccccc32)C1. The zero-order chi connectivity index (χ0) is 15.0. The number of benzene rings is 1. The van der Waals surface area contributed by atoms with E-state index in [4.69, 9.17) is 4.74 Å². The van der Waals surface area contributed by atoms with Gasteiger partial charge in [-0.05, 0) is 24.0 Å². The molecule has 3 atom stereocenters. The van der Waals surface area contributed by atoms with Crippen LogP contribution in [0.15, 0.2) is 24.3 Å². The zero-order valence-corrected chi connectivity index (χ0v) is 12.0. The number of aliphatic carboxylic acids is 1. The van der Waals surface area contributed by atoms with Crippen LogP contribution in [0.3, 0.4) is 0 Å². The molecule has 3 unspecified atom stereocenters. The monoisotopic (exact) mass is 289 g/mol. The topological polar surface area (TPSA) is 66.8 Å². The molecule has 1 amide bonds. The standard InChI is InChI=1S/C16H19NO4/c1-21-11-8-14(16(19)20)17(9-11)15(18)13-7-6-10-4-2-3-5-12(10)13/h2-5,11,13-14H,6-9H2,1H3,(H,19,20). The molecule has 2 aliphatic rings. The number of likely N-dealkylation sites (tertiary alicyclic amines) is 1. The third-order valence-corrected chi connectivity index (χ3v) is 4.60. The summed E-state index contributed by atoms with van der Waals surface area (Å²) in [6.45, 7) is 0.366. The Hall–Kier alpha value is -1.88. The Kier molecular flexibility index (Phi) is 3.68. The van der Waals surface area contributed by atoms with Crippen molar-refractivity contribution in [3.05, 3.63) is 35.4 Å². The van der Waals surface area contributed by atoms with Crippen molar-refractivity contribution in [2.75, 3.05) is 13.7 Å². The van der Waals surface area contributed by atoms with Crippen molar-refractivity contribution in [1.82, 2.24) is 4.90 Å². The van der Waals surface area contributed by atoms with Gasteiger partial charge in [0.1, 0.15) is 6.04 Å². The molecule has 1 fully saturated rings. The van der Waals surface area contributed by atoms with Gasteiger partial charge in [0.2, 0.25) is 5.91 Å². The summed E-state index contributed by atoms with van der Waals surface area (Å²) in [4.78, 5) is 25.7. The van der Waals surface area contributed by atoms with E-state index in [1.807, 2.05) is 24.3 Å². The van der Waals surface area contributed by atoms with Gasteiger partial charge >= 0.3 is 5.97 Å². The molecule has 21 heavy (non-hydrogen) atoms. The number of carboxylic acid groups (broad SMARTS) is 1. The molecule has 1 aromatic carbocycles. The van der Waals surface area contributed by atoms with Crippen molar-refractivity contribution in [3.8, 4) is 0 Å². The number of rotatable bonds is 3. The number of amides is 1. The molecule has 5 heteroatoms. The Balaban J connectivity index is 1.83. The number of carbonyl (C=O) groups is 2. The van der Waals surface area contributed by atoms with Crippen molar-refractivity contribution >= 4 is 11.9 Å². The smallest absolute Gasteiger partial charge is 0.326 e. The van der Waals surface area contributed by atoms with Crippen LogP contribution < -0.4 is 0 Å². The molecule has 0 saturated carbocycles. The molecule has 0 aromatic heterocycles. The number of hydrogen-bond acceptors (Lipinski definition) is 3. The Morgan fingerprint density at radius 1 is 1.33 bits per heavy atom. The molecule has 1 aliphatic heterocycles. The summed E-state index contributed by atoms with van der Waals surface area (Å²) in [7, 11) is 1.56. The Bertz CT molecular complexity index is 571. The Morgan fingerprint density at radius 2 is 2.10 bits per heavy atom. The normalized spacial score (nSPS) is 27.7. The zero-order valence-electron chi connectivity index (χ0n) is 12.0. The maximum absolute atomic E-state index is 12.8. The van der Waals surface area contributed by atoms with Gasteiger partial charge in [0.15, 0.2) is 0 Å². The highest BCUT2D eigenvalue weighted by Gasteiger charge is 2.43. The van der Waals surface area contributed by atoms with E-state index in [0.717, 1.165) is 18.4 Å². The summed E-state index contributed by atoms with van der Waals surface area (Å²) in [6.07, 6.45) is 1.82. The minimum atomic E-state index is -0.950. The summed E-state index contributed by atoms with van der Waals surface area (Å²) in [6, 6.07) is 7.16. The molecule has 1 aliphatic carbocycles. The third-order valence-electron chi connectivity index (χ3n) is 4.60. The average Bonchev–Trinajstić information content (AvgIpc) is 3.10. The minimum Gasteiger partial charge on any atom is -0.480 e. The average molecular weight is 289 g/mol. The lowest BCUT2D eigenvalue weighted by molar-refractivity contribution is -0.148. The number of carboxylic acids is 1. The van der Waals surface area contributed by atoms with Crippen molar-refractivity contribution in [2.45, 2.75) is 37.3 Å². The Labute approximate surface area is 123 Å². The first-order valence-electron chi connectivity index (χ1n) is 7.25. The van der Waals surface area contributed by atoms with Crippen LogP contribution in [-0.2, 0) is 20.7 Å². The van der Waals surface area contributed by atoms with Crippen LogP contribution in [0.4, 0.5) is 0 Å². The van der Waals surface area contributed by atoms with Crippen molar-refractivity contribution in [1.29, 1.82) is 0 Å². The largest absolute Gasteiger partial charge is 0.480 e. The fraction of sp³-hybridized carbons (Fsp3) is 0.500. The lowest BCUT2D eigenvalue weighted by Crippen LogP contribution is -2.42. The van der Waals surface area contributed by atoms with Crippen LogP contribution in [0.2, 0.25) is 0 Å². The first-order valence-corrected chi connectivity index (χ1v) is 7.25. The van der Waals surface area contributed by atoms with Crippen molar-refractivity contribution in [3.63, 3.8) is 0 Å². The van der Waals surface area contributed by atoms with E-state index in [2.05, 4.69) is 0 Å². The molecule has 0 bridgehead atoms. The highest BCUT2D eigenvalue weighted by molar-refractivity contribution is 5.89. The van der Waals surface area contributed by atoms with Gasteiger partial charge < -0.3 is 14.7 Å². The molecule has 1 N–H and O–H groups in total. The summed E-state index contributed by atoms with van der Waals surface area (Å²) < 4.78 is 5.25. The van der Waals surface area contributed by atoms with Crippen LogP contribution >= 0.6 is 0 Å². The number of fused-ring (bicyclic) bond motifs is 1. The van der Waals surface area contributed by atoms with Gasteiger partial charge in [-0.15, -0.1) is 0 Å². The predicted molar refractivity (Wildman–Crippen MR) is 76.1 cm³/mol. The maximum Gasteiger partial charge on any atom is 0.326 e. The number of nitrogens with zero attached hydrogens (tertiary/aromatic N) is 1. The number of methoxy groups -OCH3 is 1. The molecular formula is C16H19NO4. The van der Waals surface area contributed by atoms with E-state index < -0.39 is 12.0 Å². The molecule has 1 heterocycles. The van der Waals surface area contributed by atoms with Gasteiger partial charge in [0, 0.05) is 20.1 Å². The molecule has 0 spiro atoms. The van der Waals surface area contributed by atoms with E-state index in [9.17, 15) is 14.7 Å². The van der Waals surface area contributed by atoms with Crippen LogP contribution in [0.25, 0.3) is 0 Å². The van der Waals surface area contributed by atoms with E-state index in [1.165, 1.54) is 10.5 Å². The fourth-order valence-electron chi connectivity index (χ4n) is 3.46. The second kappa shape index (κ2) is 5.48. The van der Waals surface area contributed by atoms with Crippen molar-refractivity contribution < 1.29 is 19.4 Å². The van der Waals surface area contributed by atoms with Gasteiger partial charge in [0.25, 0.3) is 0 Å². The quantitative estimate of drug-likeness (QED) is 0.914. The molecule has 112 valence electrons. The molecule has 0 radical (unpaired) electrons. The number of hydrogen-bond donors (Lipinski definition) is 1. The lowest BCUT2D eigenvalue weighted by atomic mass is 9.99. The summed E-state index contributed by atoms with van der Waals surface area (Å²) in [5, 5.41) is 9.33. The van der Waals surface area contributed by atoms with Gasteiger partial charge in [-0.2, -0.15) is 0 Å². The molecular weight excluding hydrogens is 270 g/mol. The fourth-order valence-corrected chi connectivity index (χ4v) is 3.46. The first kappa shape index (κ1) is 14.1. The van der Waals surface area contributed by atoms with Crippen LogP contribution in [0.1, 0.15) is 29.9 Å². The van der Waals surface area contributed by atoms with E-state index in [1.54, 1.807) is 7.11 Å². The second-order valence-corrected chi connectivity index (χ2v) is 5.73. The highest BCUT2D eigenvalue weighted by Crippen LogP contribution is 2.36. The molecule has 3 rings (SSSR count). The van der Waals surface area contributed by atoms with E-state index in [-0.39, 0.29) is 17.9 Å². The van der Waals surface area contributed by atoms with Crippen LogP contribution in [-0.4, -0.2) is 47.7 Å². The second-order valence-electron chi connectivity index (χ2n) is 5.73. The summed E-state index contributed by atoms with van der Waals surface area (Å²) in [5.41, 5.74) is 2.25. The van der Waals surface area contributed by atoms with E-state index >= 15 is 0 Å². The lowest BCUT2D eigenvalue weighted by Gasteiger charge is -2.25. The molecule has 1 saturated heterocycles. The molecule has 5 nitrogen and oxygen atoms in total. The van der Waals surface area contributed by atoms with Crippen LogP contribution in [0.5, 0.6) is 0 Å². The van der Waals surface area contributed by atoms with Gasteiger partial charge in [-0.25, -0.2) is 4.79 Å². The third kappa shape index (κ3) is 2.42. The van der Waals surface area contributed by atoms with Gasteiger partial charge in [-0.3, -0.25) is 4.79 Å². The first-order chi connectivity index (χ1) is 10.1. The Morgan fingerprint density at radius 3 is 2.81 bits per heavy atom. The summed E-state index contributed by atoms with van der Waals surface area (Å²) >= 11 is 0. The number of ether oxygens (including phenoxy) is 1. The summed E-state index contributed by atoms with van der Waals surface area (Å²) in [5.74, 6) is -1.24. The highest BCUT2D eigenvalue weighted by atomic mass is 16.5. The number of carbonyl (C=O) groups excluding carboxylic acids is 1. The minimum absolute atomic E-state index is 0.0769. The molecule has 1 aromatic rings. The van der Waals surface area contributed by atoms with E-state index in [0.29, 0.717) is 13.0 Å². The number of aryl methyl sites for hydroxylation is 1. The van der Waals surface area contributed by atoms with Gasteiger partial charge in [0.05, 0.1) is 12.0 Å². The predicted octanol–water partition coefficient (Wildman–Crippen LogP) is 1.42. The van der Waals surface area contributed by atoms with Crippen molar-refractivity contribution in [2.24, 2.45) is 0 Å². The van der Waals surface area contributed by atoms with Gasteiger partial charge in [-0.1, -0.05) is 24.3 Å².